The third-order valence-electron chi connectivity index (χ3n) is 4.36. The Morgan fingerprint density at radius 2 is 1.39 bits per heavy atom. The molecule has 0 aromatic carbocycles. The molecule has 2 fully saturated rings. The average Bonchev–Trinajstić information content (AvgIpc) is 2.55. The van der Waals surface area contributed by atoms with Crippen molar-refractivity contribution in [1.82, 2.24) is 0 Å². The van der Waals surface area contributed by atoms with E-state index in [0.717, 1.165) is 0 Å². The van der Waals surface area contributed by atoms with Crippen LogP contribution in [0.4, 0.5) is 0 Å². The summed E-state index contributed by atoms with van der Waals surface area (Å²) >= 11 is 0. The van der Waals surface area contributed by atoms with Gasteiger partial charge in [-0.2, -0.15) is 0 Å². The minimum absolute atomic E-state index is 0.507. The lowest BCUT2D eigenvalue weighted by Gasteiger charge is -2.45. The molecular formula is C13H24O10. The van der Waals surface area contributed by atoms with E-state index in [-0.39, 0.29) is 0 Å². The highest BCUT2D eigenvalue weighted by molar-refractivity contribution is 4.92. The molecule has 0 saturated carbocycles. The number of ether oxygens (including phenoxy) is 3. The van der Waals surface area contributed by atoms with Crippen LogP contribution in [0.15, 0.2) is 0 Å². The zero-order valence-corrected chi connectivity index (χ0v) is 12.5. The van der Waals surface area contributed by atoms with Crippen molar-refractivity contribution in [2.45, 2.75) is 62.2 Å². The predicted octanol–water partition coefficient (Wildman–Crippen LogP) is -4.12. The zero-order chi connectivity index (χ0) is 17.3. The Bertz CT molecular complexity index is 378. The van der Waals surface area contributed by atoms with E-state index in [1.54, 1.807) is 0 Å². The Hall–Kier alpha value is -0.400. The largest absolute Gasteiger partial charge is 0.394 e. The molecule has 2 saturated heterocycles. The van der Waals surface area contributed by atoms with Gasteiger partial charge in [0, 0.05) is 5.92 Å². The van der Waals surface area contributed by atoms with Crippen LogP contribution in [0, 0.1) is 5.92 Å². The summed E-state index contributed by atoms with van der Waals surface area (Å²) in [5, 5.41) is 67.6. The lowest BCUT2D eigenvalue weighted by molar-refractivity contribution is -0.350. The minimum atomic E-state index is -1.69. The van der Waals surface area contributed by atoms with Crippen LogP contribution in [0.3, 0.4) is 0 Å². The van der Waals surface area contributed by atoms with Crippen molar-refractivity contribution >= 4 is 0 Å². The summed E-state index contributed by atoms with van der Waals surface area (Å²) in [4.78, 5) is 0. The van der Waals surface area contributed by atoms with Crippen LogP contribution in [0.2, 0.25) is 0 Å². The fraction of sp³-hybridized carbons (Fsp3) is 1.00. The van der Waals surface area contributed by atoms with Gasteiger partial charge in [0.25, 0.3) is 0 Å². The molecule has 0 radical (unpaired) electrons. The molecular weight excluding hydrogens is 316 g/mol. The molecule has 2 heterocycles. The van der Waals surface area contributed by atoms with Crippen LogP contribution in [0.1, 0.15) is 6.92 Å². The first kappa shape index (κ1) is 18.9. The molecule has 2 aliphatic rings. The SMILES string of the molecule is C[C@H]1[C@@H](O)[C@@H](CO)O[C@H](O[C@@H]2[C@H](O)[C@@H](O)C(O)O[C@@H]2CO)[C@@H]1O. The van der Waals surface area contributed by atoms with E-state index in [0.29, 0.717) is 0 Å². The lowest BCUT2D eigenvalue weighted by atomic mass is 9.90. The van der Waals surface area contributed by atoms with Gasteiger partial charge in [-0.25, -0.2) is 0 Å². The molecule has 136 valence electrons. The number of aliphatic hydroxyl groups is 7. The molecule has 0 aliphatic carbocycles. The van der Waals surface area contributed by atoms with Gasteiger partial charge in [0.1, 0.15) is 36.6 Å². The van der Waals surface area contributed by atoms with Crippen LogP contribution in [-0.2, 0) is 14.2 Å². The van der Waals surface area contributed by atoms with E-state index in [1.807, 2.05) is 0 Å². The van der Waals surface area contributed by atoms with Crippen molar-refractivity contribution in [3.05, 3.63) is 0 Å². The monoisotopic (exact) mass is 340 g/mol. The molecule has 2 aliphatic heterocycles. The van der Waals surface area contributed by atoms with E-state index >= 15 is 0 Å². The van der Waals surface area contributed by atoms with Crippen LogP contribution in [0.5, 0.6) is 0 Å². The minimum Gasteiger partial charge on any atom is -0.394 e. The first-order valence-electron chi connectivity index (χ1n) is 7.40. The first-order chi connectivity index (χ1) is 10.8. The van der Waals surface area contributed by atoms with E-state index < -0.39 is 74.4 Å². The maximum absolute atomic E-state index is 10.1. The van der Waals surface area contributed by atoms with Gasteiger partial charge in [-0.3, -0.25) is 0 Å². The van der Waals surface area contributed by atoms with Gasteiger partial charge in [0.15, 0.2) is 12.6 Å². The van der Waals surface area contributed by atoms with Crippen molar-refractivity contribution in [3.8, 4) is 0 Å². The van der Waals surface area contributed by atoms with Crippen molar-refractivity contribution in [1.29, 1.82) is 0 Å². The normalized spacial score (nSPS) is 51.7. The number of hydrogen-bond acceptors (Lipinski definition) is 10. The second-order valence-electron chi connectivity index (χ2n) is 5.90. The summed E-state index contributed by atoms with van der Waals surface area (Å²) in [5.74, 6) is -0.685. The molecule has 0 amide bonds. The smallest absolute Gasteiger partial charge is 0.184 e. The zero-order valence-electron chi connectivity index (χ0n) is 12.5. The number of rotatable bonds is 4. The van der Waals surface area contributed by atoms with Crippen molar-refractivity contribution < 1.29 is 50.0 Å². The highest BCUT2D eigenvalue weighted by Crippen LogP contribution is 2.30. The predicted molar refractivity (Wildman–Crippen MR) is 71.8 cm³/mol. The molecule has 7 N–H and O–H groups in total. The summed E-state index contributed by atoms with van der Waals surface area (Å²) in [6.45, 7) is 0.412. The fourth-order valence-corrected chi connectivity index (χ4v) is 2.78. The van der Waals surface area contributed by atoms with E-state index in [1.165, 1.54) is 6.92 Å². The molecule has 1 unspecified atom stereocenters. The third kappa shape index (κ3) is 3.66. The average molecular weight is 340 g/mol. The van der Waals surface area contributed by atoms with Crippen molar-refractivity contribution in [2.75, 3.05) is 13.2 Å². The van der Waals surface area contributed by atoms with Crippen LogP contribution in [0.25, 0.3) is 0 Å². The van der Waals surface area contributed by atoms with Gasteiger partial charge in [0.05, 0.1) is 19.3 Å². The number of hydrogen-bond donors (Lipinski definition) is 7. The molecule has 0 aromatic heterocycles. The van der Waals surface area contributed by atoms with Gasteiger partial charge < -0.3 is 50.0 Å². The van der Waals surface area contributed by atoms with E-state index in [9.17, 15) is 35.7 Å². The highest BCUT2D eigenvalue weighted by Gasteiger charge is 2.49. The maximum atomic E-state index is 10.1. The Morgan fingerprint density at radius 1 is 0.783 bits per heavy atom. The Kier molecular flexibility index (Phi) is 6.30. The van der Waals surface area contributed by atoms with Gasteiger partial charge in [0.2, 0.25) is 0 Å². The van der Waals surface area contributed by atoms with Gasteiger partial charge >= 0.3 is 0 Å². The standard InChI is InChI=1S/C13H24O10/c1-4-7(16)5(2-14)22-13(8(4)17)23-11-6(3-15)21-12(20)10(19)9(11)18/h4-20H,2-3H2,1H3/t4-,5+,6+,7+,8+,9+,10+,11-,12?,13+/m0/s1. The molecule has 0 aromatic rings. The van der Waals surface area contributed by atoms with Crippen LogP contribution in [-0.4, -0.2) is 104 Å². The van der Waals surface area contributed by atoms with Crippen molar-refractivity contribution in [2.24, 2.45) is 5.92 Å². The summed E-state index contributed by atoms with van der Waals surface area (Å²) in [6, 6.07) is 0. The number of aliphatic hydroxyl groups excluding tert-OH is 7. The molecule has 2 rings (SSSR count). The highest BCUT2D eigenvalue weighted by atomic mass is 16.7. The summed E-state index contributed by atoms with van der Waals surface area (Å²) in [6.07, 6.45) is -12.1. The molecule has 0 bridgehead atoms. The molecule has 10 heteroatoms. The summed E-state index contributed by atoms with van der Waals surface area (Å²) < 4.78 is 15.6. The van der Waals surface area contributed by atoms with Crippen molar-refractivity contribution in [3.63, 3.8) is 0 Å². The van der Waals surface area contributed by atoms with Gasteiger partial charge in [-0.05, 0) is 0 Å². The Balaban J connectivity index is 2.11. The summed E-state index contributed by atoms with van der Waals surface area (Å²) in [5.41, 5.74) is 0. The molecule has 10 nitrogen and oxygen atoms in total. The molecule has 10 atom stereocenters. The first-order valence-corrected chi connectivity index (χ1v) is 7.40. The second kappa shape index (κ2) is 7.66. The maximum Gasteiger partial charge on any atom is 0.184 e. The Labute approximate surface area is 132 Å². The molecule has 23 heavy (non-hydrogen) atoms. The Morgan fingerprint density at radius 3 is 1.96 bits per heavy atom. The van der Waals surface area contributed by atoms with E-state index in [4.69, 9.17) is 14.2 Å². The summed E-state index contributed by atoms with van der Waals surface area (Å²) in [7, 11) is 0. The van der Waals surface area contributed by atoms with E-state index in [2.05, 4.69) is 0 Å². The van der Waals surface area contributed by atoms with Crippen LogP contribution < -0.4 is 0 Å². The second-order valence-corrected chi connectivity index (χ2v) is 5.90. The lowest BCUT2D eigenvalue weighted by Crippen LogP contribution is -2.63. The van der Waals surface area contributed by atoms with Gasteiger partial charge in [-0.1, -0.05) is 6.92 Å². The third-order valence-corrected chi connectivity index (χ3v) is 4.36. The van der Waals surface area contributed by atoms with Crippen LogP contribution >= 0.6 is 0 Å². The van der Waals surface area contributed by atoms with Gasteiger partial charge in [-0.15, -0.1) is 0 Å². The quantitative estimate of drug-likeness (QED) is 0.267. The topological polar surface area (TPSA) is 169 Å². The molecule has 0 spiro atoms. The fourth-order valence-electron chi connectivity index (χ4n) is 2.78.